The van der Waals surface area contributed by atoms with Crippen LogP contribution in [0.15, 0.2) is 77.7 Å². The molecule has 1 aromatic heterocycles. The number of halogens is 1. The van der Waals surface area contributed by atoms with Gasteiger partial charge >= 0.3 is 5.97 Å². The summed E-state index contributed by atoms with van der Waals surface area (Å²) in [4.78, 5) is 36.1. The van der Waals surface area contributed by atoms with E-state index in [9.17, 15) is 24.8 Å². The van der Waals surface area contributed by atoms with Crippen LogP contribution >= 0.6 is 23.4 Å². The number of nitro groups is 1. The number of allylic oxidation sites excluding steroid dienone is 1. The number of pyridine rings is 1. The van der Waals surface area contributed by atoms with E-state index in [2.05, 4.69) is 13.2 Å². The molecule has 0 spiro atoms. The summed E-state index contributed by atoms with van der Waals surface area (Å²) in [5, 5.41) is 30.7. The van der Waals surface area contributed by atoms with Crippen molar-refractivity contribution < 1.29 is 19.9 Å². The zero-order chi connectivity index (χ0) is 25.0. The van der Waals surface area contributed by atoms with Gasteiger partial charge in [-0.25, -0.2) is 4.79 Å². The highest BCUT2D eigenvalue weighted by molar-refractivity contribution is 7.99. The molecule has 0 saturated carbocycles. The van der Waals surface area contributed by atoms with Gasteiger partial charge in [0.25, 0.3) is 5.69 Å². The van der Waals surface area contributed by atoms with Crippen LogP contribution in [0.4, 0.5) is 5.69 Å². The molecule has 34 heavy (non-hydrogen) atoms. The molecule has 2 N–H and O–H groups in total. The first-order chi connectivity index (χ1) is 16.1. The number of rotatable bonds is 9. The normalized spacial score (nSPS) is 11.6. The first-order valence-electron chi connectivity index (χ1n) is 9.79. The smallest absolute Gasteiger partial charge is 0.335 e. The Labute approximate surface area is 203 Å². The lowest BCUT2D eigenvalue weighted by atomic mass is 9.99. The second kappa shape index (κ2) is 10.4. The maximum Gasteiger partial charge on any atom is 0.335 e. The lowest BCUT2D eigenvalue weighted by Crippen LogP contribution is -2.12. The lowest BCUT2D eigenvalue weighted by molar-refractivity contribution is -0.385. The monoisotopic (exact) mass is 498 g/mol. The molecule has 0 fully saturated rings. The van der Waals surface area contributed by atoms with E-state index < -0.39 is 22.1 Å². The van der Waals surface area contributed by atoms with Crippen LogP contribution in [0.2, 0.25) is 0 Å². The molecule has 8 nitrogen and oxygen atoms in total. The summed E-state index contributed by atoms with van der Waals surface area (Å²) in [5.41, 5.74) is -0.230. The number of carboxylic acids is 1. The van der Waals surface area contributed by atoms with Gasteiger partial charge in [0.1, 0.15) is 5.75 Å². The number of thioether (sulfide) groups is 1. The van der Waals surface area contributed by atoms with Crippen molar-refractivity contribution in [3.63, 3.8) is 0 Å². The molecular formula is C24H19ClN2O6S. The van der Waals surface area contributed by atoms with E-state index in [1.165, 1.54) is 59.2 Å². The third-order valence-electron chi connectivity index (χ3n) is 4.87. The quantitative estimate of drug-likeness (QED) is 0.132. The summed E-state index contributed by atoms with van der Waals surface area (Å²) in [6.07, 6.45) is 5.89. The molecule has 3 rings (SSSR count). The number of phenols is 1. The van der Waals surface area contributed by atoms with E-state index in [1.54, 1.807) is 12.1 Å². The van der Waals surface area contributed by atoms with Crippen molar-refractivity contribution in [3.8, 4) is 28.0 Å². The predicted octanol–water partition coefficient (Wildman–Crippen LogP) is 5.48. The van der Waals surface area contributed by atoms with Crippen LogP contribution in [0.1, 0.15) is 10.4 Å². The Morgan fingerprint density at radius 1 is 1.18 bits per heavy atom. The fourth-order valence-corrected chi connectivity index (χ4v) is 4.26. The number of aromatic hydroxyl groups is 1. The van der Waals surface area contributed by atoms with E-state index in [0.717, 1.165) is 6.07 Å². The Morgan fingerprint density at radius 2 is 1.88 bits per heavy atom. The highest BCUT2D eigenvalue weighted by Gasteiger charge is 2.19. The molecule has 0 saturated heterocycles. The molecule has 10 heteroatoms. The summed E-state index contributed by atoms with van der Waals surface area (Å²) in [6, 6.07) is 7.98. The van der Waals surface area contributed by atoms with Gasteiger partial charge in [0.15, 0.2) is 5.43 Å². The first-order valence-corrected chi connectivity index (χ1v) is 11.2. The number of nitro benzene ring substituents is 1. The second-order valence-electron chi connectivity index (χ2n) is 7.12. The third kappa shape index (κ3) is 5.38. The van der Waals surface area contributed by atoms with E-state index in [0.29, 0.717) is 16.2 Å². The van der Waals surface area contributed by atoms with Crippen molar-refractivity contribution in [1.82, 2.24) is 4.57 Å². The van der Waals surface area contributed by atoms with Gasteiger partial charge in [-0.05, 0) is 29.8 Å². The van der Waals surface area contributed by atoms with Gasteiger partial charge in [-0.2, -0.15) is 0 Å². The molecular weight excluding hydrogens is 480 g/mol. The van der Waals surface area contributed by atoms with Crippen molar-refractivity contribution in [2.24, 2.45) is 0 Å². The molecule has 0 bridgehead atoms. The number of nitrogens with zero attached hydrogens (tertiary/aromatic N) is 2. The summed E-state index contributed by atoms with van der Waals surface area (Å²) in [7, 11) is 0. The minimum atomic E-state index is -1.23. The zero-order valence-electron chi connectivity index (χ0n) is 17.7. The second-order valence-corrected chi connectivity index (χ2v) is 8.77. The van der Waals surface area contributed by atoms with Crippen molar-refractivity contribution in [1.29, 1.82) is 0 Å². The van der Waals surface area contributed by atoms with Crippen molar-refractivity contribution in [2.75, 3.05) is 5.75 Å². The average molecular weight is 499 g/mol. The Morgan fingerprint density at radius 3 is 2.47 bits per heavy atom. The highest BCUT2D eigenvalue weighted by Crippen LogP contribution is 2.33. The fourth-order valence-electron chi connectivity index (χ4n) is 3.16. The van der Waals surface area contributed by atoms with E-state index in [-0.39, 0.29) is 33.3 Å². The number of phenolic OH excluding ortho intramolecular Hbond substituents is 1. The van der Waals surface area contributed by atoms with Gasteiger partial charge in [0, 0.05) is 52.5 Å². The molecule has 1 unspecified atom stereocenters. The number of carbonyl (C=O) groups is 1. The number of carboxylic acid groups (broad SMARTS) is 1. The summed E-state index contributed by atoms with van der Waals surface area (Å²) in [5.74, 6) is -1.19. The highest BCUT2D eigenvalue weighted by atomic mass is 35.5. The molecule has 0 aliphatic carbocycles. The van der Waals surface area contributed by atoms with E-state index >= 15 is 0 Å². The van der Waals surface area contributed by atoms with Crippen LogP contribution in [-0.4, -0.2) is 36.8 Å². The molecule has 3 aromatic rings. The van der Waals surface area contributed by atoms with E-state index in [1.807, 2.05) is 0 Å². The molecule has 0 aliphatic heterocycles. The van der Waals surface area contributed by atoms with Crippen molar-refractivity contribution in [2.45, 2.75) is 10.3 Å². The molecule has 0 amide bonds. The number of alkyl halides is 1. The first kappa shape index (κ1) is 24.8. The maximum absolute atomic E-state index is 13.4. The number of hydrogen-bond acceptors (Lipinski definition) is 6. The Kier molecular flexibility index (Phi) is 7.60. The van der Waals surface area contributed by atoms with Crippen LogP contribution in [-0.2, 0) is 0 Å². The van der Waals surface area contributed by atoms with Gasteiger partial charge in [0.2, 0.25) is 0 Å². The number of aromatic nitrogens is 1. The number of aromatic carboxylic acids is 1. The standard InChI is InChI=1S/C24H19ClN2O6S/c1-3-16(25)13-34-18-8-15(7-17(10-18)27(32)33)20-11-26(4-2)12-21(23(20)29)19-6-5-14(24(30)31)9-22(19)28/h3-12,16,28H,1-2,13H2,(H,30,31). The topological polar surface area (TPSA) is 123 Å². The molecule has 1 atom stereocenters. The Balaban J connectivity index is 2.21. The van der Waals surface area contributed by atoms with Gasteiger partial charge in [0.05, 0.1) is 21.4 Å². The van der Waals surface area contributed by atoms with Crippen LogP contribution in [0.3, 0.4) is 0 Å². The molecule has 2 aromatic carbocycles. The Bertz CT molecular complexity index is 1370. The van der Waals surface area contributed by atoms with Crippen LogP contribution in [0.5, 0.6) is 5.75 Å². The van der Waals surface area contributed by atoms with E-state index in [4.69, 9.17) is 16.7 Å². The number of hydrogen-bond donors (Lipinski definition) is 2. The van der Waals surface area contributed by atoms with Crippen molar-refractivity contribution >= 4 is 41.2 Å². The summed E-state index contributed by atoms with van der Waals surface area (Å²) >= 11 is 7.36. The van der Waals surface area contributed by atoms with Crippen LogP contribution in [0.25, 0.3) is 28.5 Å². The molecule has 1 heterocycles. The maximum atomic E-state index is 13.4. The van der Waals surface area contributed by atoms with Crippen LogP contribution < -0.4 is 5.43 Å². The average Bonchev–Trinajstić information content (AvgIpc) is 2.82. The SMILES string of the molecule is C=CC(Cl)CSc1cc(-c2cn(C=C)cc(-c3ccc(C(=O)O)cc3O)c2=O)cc([N+](=O)[O-])c1. The molecule has 0 aliphatic rings. The summed E-state index contributed by atoms with van der Waals surface area (Å²) in [6.45, 7) is 7.31. The summed E-state index contributed by atoms with van der Waals surface area (Å²) < 4.78 is 1.48. The van der Waals surface area contributed by atoms with Gasteiger partial charge < -0.3 is 14.8 Å². The number of benzene rings is 2. The number of non-ortho nitro benzene ring substituents is 1. The van der Waals surface area contributed by atoms with Crippen LogP contribution in [0, 0.1) is 10.1 Å². The third-order valence-corrected chi connectivity index (χ3v) is 6.48. The van der Waals surface area contributed by atoms with Gasteiger partial charge in [-0.3, -0.25) is 14.9 Å². The minimum Gasteiger partial charge on any atom is -0.507 e. The largest absolute Gasteiger partial charge is 0.507 e. The van der Waals surface area contributed by atoms with Gasteiger partial charge in [-0.15, -0.1) is 29.9 Å². The minimum absolute atomic E-state index is 0.0695. The van der Waals surface area contributed by atoms with Crippen molar-refractivity contribution in [3.05, 3.63) is 93.9 Å². The molecule has 0 radical (unpaired) electrons. The Hall–Kier alpha value is -3.82. The zero-order valence-corrected chi connectivity index (χ0v) is 19.3. The fraction of sp³-hybridized carbons (Fsp3) is 0.0833. The lowest BCUT2D eigenvalue weighted by Gasteiger charge is -2.12. The van der Waals surface area contributed by atoms with Gasteiger partial charge in [-0.1, -0.05) is 12.7 Å². The molecule has 174 valence electrons. The predicted molar refractivity (Wildman–Crippen MR) is 134 cm³/mol.